The van der Waals surface area contributed by atoms with Gasteiger partial charge in [0.15, 0.2) is 0 Å². The molecule has 1 aliphatic rings. The average Bonchev–Trinajstić information content (AvgIpc) is 2.78. The summed E-state index contributed by atoms with van der Waals surface area (Å²) >= 11 is 0. The second kappa shape index (κ2) is 7.19. The third kappa shape index (κ3) is 4.04. The van der Waals surface area contributed by atoms with E-state index >= 15 is 0 Å². The fraction of sp³-hybridized carbons (Fsp3) is 0.353. The van der Waals surface area contributed by atoms with Crippen LogP contribution < -0.4 is 5.32 Å². The third-order valence-electron chi connectivity index (χ3n) is 3.99. The predicted molar refractivity (Wildman–Crippen MR) is 86.9 cm³/mol. The maximum atomic E-state index is 12.7. The summed E-state index contributed by atoms with van der Waals surface area (Å²) in [6, 6.07) is 7.54. The Morgan fingerprint density at radius 1 is 1.31 bits per heavy atom. The first-order valence-corrected chi connectivity index (χ1v) is 7.73. The summed E-state index contributed by atoms with van der Waals surface area (Å²) in [4.78, 5) is 38.2. The number of imide groups is 1. The standard InChI is InChI=1S/C17H18F3N3O3/c1-3-9-22(11-17(18,19)20)13(24)10-23-14(25)16(2,21-15(23)26)12-7-5-4-6-8-12/h3-8H,1,9-11H2,2H3,(H,21,26). The number of hydrogen-bond acceptors (Lipinski definition) is 3. The number of rotatable bonds is 6. The van der Waals surface area contributed by atoms with Gasteiger partial charge in [-0.1, -0.05) is 36.4 Å². The molecule has 0 aromatic heterocycles. The molecule has 1 N–H and O–H groups in total. The van der Waals surface area contributed by atoms with Crippen molar-refractivity contribution in [3.8, 4) is 0 Å². The van der Waals surface area contributed by atoms with Gasteiger partial charge in [-0.3, -0.25) is 14.5 Å². The van der Waals surface area contributed by atoms with E-state index in [1.54, 1.807) is 30.3 Å². The number of nitrogens with zero attached hydrogens (tertiary/aromatic N) is 2. The van der Waals surface area contributed by atoms with Gasteiger partial charge in [0.2, 0.25) is 5.91 Å². The van der Waals surface area contributed by atoms with Gasteiger partial charge in [0, 0.05) is 6.54 Å². The van der Waals surface area contributed by atoms with Gasteiger partial charge < -0.3 is 10.2 Å². The number of amides is 4. The van der Waals surface area contributed by atoms with Crippen LogP contribution >= 0.6 is 0 Å². The minimum absolute atomic E-state index is 0.349. The van der Waals surface area contributed by atoms with E-state index in [4.69, 9.17) is 0 Å². The van der Waals surface area contributed by atoms with Gasteiger partial charge in [-0.15, -0.1) is 6.58 Å². The average molecular weight is 369 g/mol. The van der Waals surface area contributed by atoms with E-state index in [2.05, 4.69) is 11.9 Å². The summed E-state index contributed by atoms with van der Waals surface area (Å²) < 4.78 is 37.8. The molecule has 1 unspecified atom stereocenters. The highest BCUT2D eigenvalue weighted by Gasteiger charge is 2.49. The zero-order valence-corrected chi connectivity index (χ0v) is 14.0. The van der Waals surface area contributed by atoms with E-state index in [-0.39, 0.29) is 6.54 Å². The highest BCUT2D eigenvalue weighted by Crippen LogP contribution is 2.28. The number of benzene rings is 1. The third-order valence-corrected chi connectivity index (χ3v) is 3.99. The summed E-state index contributed by atoms with van der Waals surface area (Å²) in [5, 5.41) is 2.50. The Hall–Kier alpha value is -2.84. The molecule has 9 heteroatoms. The van der Waals surface area contributed by atoms with Crippen molar-refractivity contribution >= 4 is 17.8 Å². The molecule has 0 aliphatic carbocycles. The molecule has 26 heavy (non-hydrogen) atoms. The summed E-state index contributed by atoms with van der Waals surface area (Å²) in [5.41, 5.74) is -0.877. The second-order valence-corrected chi connectivity index (χ2v) is 5.99. The molecule has 2 rings (SSSR count). The lowest BCUT2D eigenvalue weighted by Gasteiger charge is -2.25. The van der Waals surface area contributed by atoms with Gasteiger partial charge in [-0.2, -0.15) is 13.2 Å². The fourth-order valence-electron chi connectivity index (χ4n) is 2.67. The number of hydrogen-bond donors (Lipinski definition) is 1. The van der Waals surface area contributed by atoms with E-state index in [0.717, 1.165) is 6.08 Å². The maximum absolute atomic E-state index is 12.7. The van der Waals surface area contributed by atoms with Crippen LogP contribution in [0.1, 0.15) is 12.5 Å². The summed E-state index contributed by atoms with van der Waals surface area (Å²) in [7, 11) is 0. The molecule has 1 saturated heterocycles. The quantitative estimate of drug-likeness (QED) is 0.616. The van der Waals surface area contributed by atoms with Gasteiger partial charge in [0.1, 0.15) is 18.6 Å². The van der Waals surface area contributed by atoms with Gasteiger partial charge in [0.05, 0.1) is 0 Å². The summed E-state index contributed by atoms with van der Waals surface area (Å²) in [5.74, 6) is -1.70. The number of carbonyl (C=O) groups is 3. The molecule has 0 spiro atoms. The lowest BCUT2D eigenvalue weighted by Crippen LogP contribution is -2.47. The molecule has 140 valence electrons. The second-order valence-electron chi connectivity index (χ2n) is 5.99. The molecule has 0 saturated carbocycles. The van der Waals surface area contributed by atoms with Crippen molar-refractivity contribution in [1.29, 1.82) is 0 Å². The molecular weight excluding hydrogens is 351 g/mol. The van der Waals surface area contributed by atoms with Crippen LogP contribution in [0.5, 0.6) is 0 Å². The number of nitrogens with one attached hydrogen (secondary N) is 1. The fourth-order valence-corrected chi connectivity index (χ4v) is 2.67. The highest BCUT2D eigenvalue weighted by atomic mass is 19.4. The molecule has 1 aromatic carbocycles. The molecule has 1 heterocycles. The Balaban J connectivity index is 2.18. The van der Waals surface area contributed by atoms with Crippen molar-refractivity contribution < 1.29 is 27.6 Å². The Morgan fingerprint density at radius 2 is 1.92 bits per heavy atom. The highest BCUT2D eigenvalue weighted by molar-refractivity contribution is 6.09. The molecule has 1 fully saturated rings. The topological polar surface area (TPSA) is 69.7 Å². The van der Waals surface area contributed by atoms with E-state index in [1.165, 1.54) is 6.92 Å². The molecule has 4 amide bonds. The zero-order chi connectivity index (χ0) is 19.5. The van der Waals surface area contributed by atoms with Crippen LogP contribution in [0.25, 0.3) is 0 Å². The van der Waals surface area contributed by atoms with Crippen LogP contribution in [0.2, 0.25) is 0 Å². The first kappa shape index (κ1) is 19.5. The first-order chi connectivity index (χ1) is 12.1. The predicted octanol–water partition coefficient (Wildman–Crippen LogP) is 2.03. The largest absolute Gasteiger partial charge is 0.406 e. The molecule has 0 bridgehead atoms. The van der Waals surface area contributed by atoms with E-state index < -0.39 is 42.7 Å². The minimum Gasteiger partial charge on any atom is -0.328 e. The van der Waals surface area contributed by atoms with Crippen molar-refractivity contribution in [2.24, 2.45) is 0 Å². The molecule has 1 aliphatic heterocycles. The number of urea groups is 1. The van der Waals surface area contributed by atoms with Crippen LogP contribution in [-0.2, 0) is 15.1 Å². The monoisotopic (exact) mass is 369 g/mol. The zero-order valence-electron chi connectivity index (χ0n) is 14.0. The Morgan fingerprint density at radius 3 is 2.46 bits per heavy atom. The van der Waals surface area contributed by atoms with Crippen LogP contribution in [0.3, 0.4) is 0 Å². The van der Waals surface area contributed by atoms with Gasteiger partial charge >= 0.3 is 12.2 Å². The number of alkyl halides is 3. The Bertz CT molecular complexity index is 721. The number of halogens is 3. The summed E-state index contributed by atoms with van der Waals surface area (Å²) in [6.45, 7) is 2.17. The molecule has 6 nitrogen and oxygen atoms in total. The van der Waals surface area contributed by atoms with Crippen LogP contribution in [0.4, 0.5) is 18.0 Å². The van der Waals surface area contributed by atoms with Gasteiger partial charge in [0.25, 0.3) is 5.91 Å². The van der Waals surface area contributed by atoms with Crippen molar-refractivity contribution in [2.75, 3.05) is 19.6 Å². The van der Waals surface area contributed by atoms with Crippen LogP contribution in [-0.4, -0.2) is 53.5 Å². The smallest absolute Gasteiger partial charge is 0.328 e. The van der Waals surface area contributed by atoms with Gasteiger partial charge in [-0.25, -0.2) is 4.79 Å². The van der Waals surface area contributed by atoms with Crippen molar-refractivity contribution in [2.45, 2.75) is 18.6 Å². The molecule has 1 atom stereocenters. The van der Waals surface area contributed by atoms with Crippen molar-refractivity contribution in [3.05, 3.63) is 48.6 Å². The van der Waals surface area contributed by atoms with Crippen molar-refractivity contribution in [1.82, 2.24) is 15.1 Å². The molecule has 1 aromatic rings. The van der Waals surface area contributed by atoms with Crippen LogP contribution in [0, 0.1) is 0 Å². The van der Waals surface area contributed by atoms with Gasteiger partial charge in [-0.05, 0) is 12.5 Å². The normalized spacial score (nSPS) is 20.1. The molecule has 0 radical (unpaired) electrons. The Labute approximate surface area is 148 Å². The maximum Gasteiger partial charge on any atom is 0.406 e. The lowest BCUT2D eigenvalue weighted by atomic mass is 9.92. The number of carbonyl (C=O) groups excluding carboxylic acids is 3. The van der Waals surface area contributed by atoms with E-state index in [1.807, 2.05) is 0 Å². The Kier molecular flexibility index (Phi) is 5.38. The summed E-state index contributed by atoms with van der Waals surface area (Å²) in [6.07, 6.45) is -3.46. The molecular formula is C17H18F3N3O3. The van der Waals surface area contributed by atoms with Crippen LogP contribution in [0.15, 0.2) is 43.0 Å². The minimum atomic E-state index is -4.60. The SMILES string of the molecule is C=CCN(CC(F)(F)F)C(=O)CN1C(=O)NC(C)(c2ccccc2)C1=O. The first-order valence-electron chi connectivity index (χ1n) is 7.73. The van der Waals surface area contributed by atoms with E-state index in [9.17, 15) is 27.6 Å². The van der Waals surface area contributed by atoms with Crippen molar-refractivity contribution in [3.63, 3.8) is 0 Å². The van der Waals surface area contributed by atoms with E-state index in [0.29, 0.717) is 15.4 Å². The lowest BCUT2D eigenvalue weighted by molar-refractivity contribution is -0.160.